The molecule has 0 aliphatic rings. The number of benzene rings is 1. The maximum Gasteiger partial charge on any atom is 0.273 e. The Morgan fingerprint density at radius 1 is 1.23 bits per heavy atom. The van der Waals surface area contributed by atoms with Crippen molar-refractivity contribution in [3.63, 3.8) is 0 Å². The molecule has 0 unspecified atom stereocenters. The Morgan fingerprint density at radius 2 is 1.96 bits per heavy atom. The van der Waals surface area contributed by atoms with E-state index < -0.39 is 0 Å². The van der Waals surface area contributed by atoms with E-state index in [1.807, 2.05) is 56.3 Å². The van der Waals surface area contributed by atoms with Crippen LogP contribution >= 0.6 is 11.3 Å². The lowest BCUT2D eigenvalue weighted by Gasteiger charge is -2.08. The zero-order valence-electron chi connectivity index (χ0n) is 14.3. The van der Waals surface area contributed by atoms with Gasteiger partial charge in [0.15, 0.2) is 5.57 Å². The van der Waals surface area contributed by atoms with Crippen LogP contribution in [0.5, 0.6) is 0 Å². The third-order valence-electron chi connectivity index (χ3n) is 3.91. The van der Waals surface area contributed by atoms with Gasteiger partial charge in [-0.1, -0.05) is 25.1 Å². The van der Waals surface area contributed by atoms with Crippen LogP contribution in [0.1, 0.15) is 24.0 Å². The highest BCUT2D eigenvalue weighted by Gasteiger charge is 2.13. The summed E-state index contributed by atoms with van der Waals surface area (Å²) in [6.07, 6.45) is 2.36. The summed E-state index contributed by atoms with van der Waals surface area (Å²) in [5.74, 6) is 1.30. The third-order valence-corrected chi connectivity index (χ3v) is 5.00. The van der Waals surface area contributed by atoms with E-state index in [-0.39, 0.29) is 11.1 Å². The fourth-order valence-corrected chi connectivity index (χ4v) is 3.71. The van der Waals surface area contributed by atoms with Crippen LogP contribution in [-0.4, -0.2) is 4.57 Å². The van der Waals surface area contributed by atoms with E-state index in [2.05, 4.69) is 0 Å². The van der Waals surface area contributed by atoms with Crippen molar-refractivity contribution in [2.24, 2.45) is 0 Å². The highest BCUT2D eigenvalue weighted by molar-refractivity contribution is 7.07. The van der Waals surface area contributed by atoms with Gasteiger partial charge in [0.25, 0.3) is 5.56 Å². The van der Waals surface area contributed by atoms with Gasteiger partial charge in [0.2, 0.25) is 0 Å². The van der Waals surface area contributed by atoms with Crippen LogP contribution in [0.15, 0.2) is 45.6 Å². The minimum atomic E-state index is -0.275. The summed E-state index contributed by atoms with van der Waals surface area (Å²) < 4.78 is 7.71. The zero-order chi connectivity index (χ0) is 18.7. The summed E-state index contributed by atoms with van der Waals surface area (Å²) in [6, 6.07) is 14.9. The topological polar surface area (TPSA) is 82.7 Å². The van der Waals surface area contributed by atoms with Gasteiger partial charge in [-0.2, -0.15) is 10.5 Å². The number of nitrogens with zero attached hydrogens (tertiary/aromatic N) is 3. The first-order chi connectivity index (χ1) is 12.6. The monoisotopic (exact) mass is 361 g/mol. The van der Waals surface area contributed by atoms with Crippen LogP contribution in [0.25, 0.3) is 17.3 Å². The second kappa shape index (κ2) is 7.26. The van der Waals surface area contributed by atoms with Gasteiger partial charge in [-0.05, 0) is 37.1 Å². The van der Waals surface area contributed by atoms with Crippen LogP contribution in [0.3, 0.4) is 0 Å². The Bertz CT molecular complexity index is 1210. The molecule has 0 saturated carbocycles. The fraction of sp³-hybridized carbons (Fsp3) is 0.150. The average molecular weight is 361 g/mol. The predicted octanol–water partition coefficient (Wildman–Crippen LogP) is 2.39. The molecule has 0 aliphatic carbocycles. The van der Waals surface area contributed by atoms with Crippen molar-refractivity contribution in [2.75, 3.05) is 0 Å². The van der Waals surface area contributed by atoms with E-state index in [1.165, 1.54) is 4.57 Å². The first-order valence-electron chi connectivity index (χ1n) is 8.01. The van der Waals surface area contributed by atoms with E-state index in [0.717, 1.165) is 29.1 Å². The number of hydrogen-bond donors (Lipinski definition) is 0. The van der Waals surface area contributed by atoms with Crippen molar-refractivity contribution < 1.29 is 4.42 Å². The van der Waals surface area contributed by atoms with E-state index in [0.29, 0.717) is 20.6 Å². The Labute approximate surface area is 154 Å². The molecule has 0 spiro atoms. The van der Waals surface area contributed by atoms with Gasteiger partial charge in [-0.3, -0.25) is 9.36 Å². The number of aromatic nitrogens is 1. The highest BCUT2D eigenvalue weighted by Crippen LogP contribution is 2.12. The second-order valence-corrected chi connectivity index (χ2v) is 6.62. The van der Waals surface area contributed by atoms with Gasteiger partial charge < -0.3 is 4.42 Å². The van der Waals surface area contributed by atoms with Crippen LogP contribution < -0.4 is 14.8 Å². The Kier molecular flexibility index (Phi) is 4.88. The second-order valence-electron chi connectivity index (χ2n) is 5.59. The van der Waals surface area contributed by atoms with Crippen LogP contribution in [0.2, 0.25) is 0 Å². The Hall–Kier alpha value is -3.35. The van der Waals surface area contributed by atoms with Crippen molar-refractivity contribution in [3.8, 4) is 17.8 Å². The molecule has 5 nitrogen and oxygen atoms in total. The van der Waals surface area contributed by atoms with Crippen LogP contribution in [-0.2, 0) is 6.42 Å². The molecular formula is C20H15N3O2S. The number of thiazole rings is 1. The molecule has 0 atom stereocenters. The summed E-state index contributed by atoms with van der Waals surface area (Å²) in [7, 11) is 0. The van der Waals surface area contributed by atoms with E-state index >= 15 is 0 Å². The van der Waals surface area contributed by atoms with Crippen molar-refractivity contribution in [1.82, 2.24) is 4.57 Å². The SMILES string of the molecule is CCc1ccccc1-n1c(=C(C#N)C#N)s/c(=C/c2ccc(C)o2)c1=O. The molecule has 0 amide bonds. The van der Waals surface area contributed by atoms with E-state index in [1.54, 1.807) is 12.1 Å². The number of nitriles is 2. The molecule has 0 aliphatic heterocycles. The standard InChI is InChI=1S/C20H15N3O2S/c1-3-14-6-4-5-7-17(14)23-19(24)18(10-16-9-8-13(2)25-16)26-20(23)15(11-21)12-22/h4-10H,3H2,1-2H3/b18-10+. The van der Waals surface area contributed by atoms with Crippen molar-refractivity contribution in [1.29, 1.82) is 10.5 Å². The molecule has 1 aromatic carbocycles. The number of hydrogen-bond acceptors (Lipinski definition) is 5. The Balaban J connectivity index is 2.43. The summed E-state index contributed by atoms with van der Waals surface area (Å²) in [6.45, 7) is 3.82. The highest BCUT2D eigenvalue weighted by atomic mass is 32.1. The fourth-order valence-electron chi connectivity index (χ4n) is 2.68. The molecule has 2 aromatic heterocycles. The number of para-hydroxylation sites is 1. The normalized spacial score (nSPS) is 11.2. The number of rotatable bonds is 3. The molecule has 6 heteroatoms. The minimum Gasteiger partial charge on any atom is -0.462 e. The molecule has 2 heterocycles. The predicted molar refractivity (Wildman–Crippen MR) is 100 cm³/mol. The summed E-state index contributed by atoms with van der Waals surface area (Å²) in [5.41, 5.74) is 1.28. The van der Waals surface area contributed by atoms with Gasteiger partial charge in [0.05, 0.1) is 10.2 Å². The molecule has 0 N–H and O–H groups in total. The molecule has 0 bridgehead atoms. The lowest BCUT2D eigenvalue weighted by molar-refractivity contribution is 0.525. The summed E-state index contributed by atoms with van der Waals surface area (Å²) in [4.78, 5) is 13.1. The number of aryl methyl sites for hydroxylation is 2. The summed E-state index contributed by atoms with van der Waals surface area (Å²) >= 11 is 1.11. The lowest BCUT2D eigenvalue weighted by Crippen LogP contribution is -2.31. The Morgan fingerprint density at radius 3 is 2.58 bits per heavy atom. The molecule has 3 aromatic rings. The molecular weight excluding hydrogens is 346 g/mol. The van der Waals surface area contributed by atoms with Gasteiger partial charge in [0.1, 0.15) is 28.3 Å². The maximum absolute atomic E-state index is 13.1. The quantitative estimate of drug-likeness (QED) is 0.717. The molecule has 0 fully saturated rings. The molecule has 0 saturated heterocycles. The third kappa shape index (κ3) is 3.11. The van der Waals surface area contributed by atoms with Gasteiger partial charge >= 0.3 is 0 Å². The zero-order valence-corrected chi connectivity index (χ0v) is 15.1. The first kappa shape index (κ1) is 17.5. The van der Waals surface area contributed by atoms with Gasteiger partial charge in [0, 0.05) is 6.08 Å². The molecule has 0 radical (unpaired) electrons. The number of furan rings is 1. The van der Waals surface area contributed by atoms with E-state index in [9.17, 15) is 15.3 Å². The maximum atomic E-state index is 13.1. The first-order valence-corrected chi connectivity index (χ1v) is 8.83. The smallest absolute Gasteiger partial charge is 0.273 e. The van der Waals surface area contributed by atoms with Crippen molar-refractivity contribution in [2.45, 2.75) is 20.3 Å². The van der Waals surface area contributed by atoms with Crippen LogP contribution in [0, 0.1) is 29.6 Å². The molecule has 26 heavy (non-hydrogen) atoms. The average Bonchev–Trinajstić information content (AvgIpc) is 3.20. The summed E-state index contributed by atoms with van der Waals surface area (Å²) in [5, 5.41) is 18.6. The van der Waals surface area contributed by atoms with Crippen molar-refractivity contribution >= 4 is 23.0 Å². The van der Waals surface area contributed by atoms with Gasteiger partial charge in [-0.25, -0.2) is 0 Å². The molecule has 3 rings (SSSR count). The lowest BCUT2D eigenvalue weighted by atomic mass is 10.1. The van der Waals surface area contributed by atoms with Gasteiger partial charge in [-0.15, -0.1) is 11.3 Å². The van der Waals surface area contributed by atoms with E-state index in [4.69, 9.17) is 4.42 Å². The van der Waals surface area contributed by atoms with Crippen molar-refractivity contribution in [3.05, 3.63) is 73.0 Å². The molecule has 128 valence electrons. The van der Waals surface area contributed by atoms with Crippen LogP contribution in [0.4, 0.5) is 0 Å². The largest absolute Gasteiger partial charge is 0.462 e. The minimum absolute atomic E-state index is 0.0896.